The number of nitrogens with zero attached hydrogens (tertiary/aromatic N) is 6. The van der Waals surface area contributed by atoms with Gasteiger partial charge in [0.1, 0.15) is 6.07 Å². The average molecular weight is 509 g/mol. The summed E-state index contributed by atoms with van der Waals surface area (Å²) >= 11 is 1.80. The summed E-state index contributed by atoms with van der Waals surface area (Å²) < 4.78 is 15.6. The zero-order valence-corrected chi connectivity index (χ0v) is 22.1. The standard InChI is InChI=1S/C27H36N6O2S/c1-3-20(2)36-25-13-21(17-33-27(25)22(14-28)15-30-33)23-16-29-32(18-23)24-7-6-9-31(19-24)10-12-35-26-8-4-5-11-34-26/h13,15-18,20,24,26H,3-12,19H2,1-2H3/t20-,24+,26?/m1/s1. The molecule has 36 heavy (non-hydrogen) atoms. The highest BCUT2D eigenvalue weighted by Crippen LogP contribution is 2.35. The van der Waals surface area contributed by atoms with E-state index in [1.54, 1.807) is 18.0 Å². The van der Waals surface area contributed by atoms with Crippen molar-refractivity contribution in [3.05, 3.63) is 36.4 Å². The highest BCUT2D eigenvalue weighted by atomic mass is 32.2. The highest BCUT2D eigenvalue weighted by molar-refractivity contribution is 8.00. The molecule has 3 aromatic heterocycles. The van der Waals surface area contributed by atoms with Crippen molar-refractivity contribution in [1.82, 2.24) is 24.3 Å². The molecule has 0 radical (unpaired) electrons. The van der Waals surface area contributed by atoms with Gasteiger partial charge in [0.25, 0.3) is 0 Å². The largest absolute Gasteiger partial charge is 0.353 e. The van der Waals surface area contributed by atoms with E-state index in [9.17, 15) is 5.26 Å². The zero-order valence-electron chi connectivity index (χ0n) is 21.3. The fourth-order valence-electron chi connectivity index (χ4n) is 5.01. The molecule has 2 saturated heterocycles. The lowest BCUT2D eigenvalue weighted by Crippen LogP contribution is -2.39. The van der Waals surface area contributed by atoms with Crippen molar-refractivity contribution in [3.63, 3.8) is 0 Å². The number of ether oxygens (including phenoxy) is 2. The third kappa shape index (κ3) is 5.78. The van der Waals surface area contributed by atoms with Crippen LogP contribution in [0.4, 0.5) is 0 Å². The van der Waals surface area contributed by atoms with E-state index in [2.05, 4.69) is 46.9 Å². The van der Waals surface area contributed by atoms with Crippen LogP contribution in [0.15, 0.2) is 35.7 Å². The number of aromatic nitrogens is 4. The van der Waals surface area contributed by atoms with Gasteiger partial charge in [0.05, 0.1) is 36.1 Å². The molecule has 0 saturated carbocycles. The first kappa shape index (κ1) is 25.3. The molecular weight excluding hydrogens is 472 g/mol. The summed E-state index contributed by atoms with van der Waals surface area (Å²) in [6.07, 6.45) is 14.5. The van der Waals surface area contributed by atoms with E-state index in [0.29, 0.717) is 23.5 Å². The quantitative estimate of drug-likeness (QED) is 0.370. The molecule has 2 fully saturated rings. The van der Waals surface area contributed by atoms with Crippen LogP contribution in [0.2, 0.25) is 0 Å². The van der Waals surface area contributed by atoms with Crippen molar-refractivity contribution in [3.8, 4) is 17.2 Å². The van der Waals surface area contributed by atoms with E-state index in [0.717, 1.165) is 79.9 Å². The molecule has 0 bridgehead atoms. The van der Waals surface area contributed by atoms with Crippen LogP contribution in [-0.4, -0.2) is 68.7 Å². The molecule has 3 atom stereocenters. The lowest BCUT2D eigenvalue weighted by atomic mass is 10.1. The second kappa shape index (κ2) is 11.8. The smallest absolute Gasteiger partial charge is 0.157 e. The van der Waals surface area contributed by atoms with Gasteiger partial charge < -0.3 is 9.47 Å². The molecule has 2 aliphatic heterocycles. The Hall–Kier alpha value is -2.38. The fourth-order valence-corrected chi connectivity index (χ4v) is 6.12. The van der Waals surface area contributed by atoms with Gasteiger partial charge in [-0.2, -0.15) is 15.5 Å². The first-order valence-corrected chi connectivity index (χ1v) is 14.1. The Balaban J connectivity index is 1.28. The average Bonchev–Trinajstić information content (AvgIpc) is 3.57. The Morgan fingerprint density at radius 1 is 1.19 bits per heavy atom. The van der Waals surface area contributed by atoms with Crippen molar-refractivity contribution >= 4 is 17.3 Å². The van der Waals surface area contributed by atoms with Gasteiger partial charge in [0.2, 0.25) is 0 Å². The van der Waals surface area contributed by atoms with Crippen LogP contribution in [0.5, 0.6) is 0 Å². The van der Waals surface area contributed by atoms with E-state index in [-0.39, 0.29) is 6.29 Å². The second-order valence-corrected chi connectivity index (χ2v) is 11.3. The molecule has 9 heteroatoms. The predicted molar refractivity (Wildman–Crippen MR) is 141 cm³/mol. The lowest BCUT2D eigenvalue weighted by molar-refractivity contribution is -0.164. The van der Waals surface area contributed by atoms with Crippen LogP contribution >= 0.6 is 11.8 Å². The fraction of sp³-hybridized carbons (Fsp3) is 0.593. The molecule has 5 rings (SSSR count). The normalized spacial score (nSPS) is 22.0. The number of rotatable bonds is 9. The van der Waals surface area contributed by atoms with Crippen LogP contribution < -0.4 is 0 Å². The van der Waals surface area contributed by atoms with Crippen molar-refractivity contribution < 1.29 is 9.47 Å². The molecule has 0 amide bonds. The summed E-state index contributed by atoms with van der Waals surface area (Å²) in [7, 11) is 0. The molecule has 2 aliphatic rings. The predicted octanol–water partition coefficient (Wildman–Crippen LogP) is 5.14. The van der Waals surface area contributed by atoms with Crippen molar-refractivity contribution in [2.75, 3.05) is 32.8 Å². The van der Waals surface area contributed by atoms with Crippen LogP contribution in [0.25, 0.3) is 16.6 Å². The van der Waals surface area contributed by atoms with Crippen LogP contribution in [0.3, 0.4) is 0 Å². The van der Waals surface area contributed by atoms with Gasteiger partial charge in [-0.1, -0.05) is 13.8 Å². The molecule has 0 aliphatic carbocycles. The van der Waals surface area contributed by atoms with Gasteiger partial charge in [-0.05, 0) is 51.1 Å². The molecule has 3 aromatic rings. The summed E-state index contributed by atoms with van der Waals surface area (Å²) in [6, 6.07) is 4.83. The van der Waals surface area contributed by atoms with Gasteiger partial charge in [0.15, 0.2) is 6.29 Å². The van der Waals surface area contributed by atoms with Gasteiger partial charge >= 0.3 is 0 Å². The summed E-state index contributed by atoms with van der Waals surface area (Å²) in [5.41, 5.74) is 3.65. The molecule has 1 unspecified atom stereocenters. The third-order valence-corrected chi connectivity index (χ3v) is 8.54. The van der Waals surface area contributed by atoms with Crippen molar-refractivity contribution in [1.29, 1.82) is 5.26 Å². The van der Waals surface area contributed by atoms with E-state index in [1.807, 2.05) is 16.9 Å². The Bertz CT molecular complexity index is 1190. The van der Waals surface area contributed by atoms with Crippen LogP contribution in [-0.2, 0) is 9.47 Å². The minimum Gasteiger partial charge on any atom is -0.353 e. The number of piperidine rings is 1. The third-order valence-electron chi connectivity index (χ3n) is 7.24. The van der Waals surface area contributed by atoms with E-state index < -0.39 is 0 Å². The first-order chi connectivity index (χ1) is 17.6. The SMILES string of the molecule is CC[C@@H](C)Sc1cc(-c2cnn([C@H]3CCCN(CCOC4CCCCO4)C3)c2)cn2ncc(C#N)c12. The van der Waals surface area contributed by atoms with E-state index >= 15 is 0 Å². The zero-order chi connectivity index (χ0) is 24.9. The molecule has 0 spiro atoms. The number of hydrogen-bond donors (Lipinski definition) is 0. The summed E-state index contributed by atoms with van der Waals surface area (Å²) in [4.78, 5) is 3.58. The number of hydrogen-bond acceptors (Lipinski definition) is 7. The van der Waals surface area contributed by atoms with Gasteiger partial charge in [-0.25, -0.2) is 4.52 Å². The van der Waals surface area contributed by atoms with Crippen LogP contribution in [0, 0.1) is 11.3 Å². The molecular formula is C27H36N6O2S. The van der Waals surface area contributed by atoms with Gasteiger partial charge in [0, 0.05) is 53.4 Å². The summed E-state index contributed by atoms with van der Waals surface area (Å²) in [5, 5.41) is 19.3. The molecule has 0 aromatic carbocycles. The maximum atomic E-state index is 9.57. The van der Waals surface area contributed by atoms with Crippen LogP contribution in [0.1, 0.15) is 64.0 Å². The Kier molecular flexibility index (Phi) is 8.27. The highest BCUT2D eigenvalue weighted by Gasteiger charge is 2.23. The number of pyridine rings is 1. The van der Waals surface area contributed by atoms with Crippen molar-refractivity contribution in [2.24, 2.45) is 0 Å². The Morgan fingerprint density at radius 2 is 2.11 bits per heavy atom. The molecule has 8 nitrogen and oxygen atoms in total. The van der Waals surface area contributed by atoms with E-state index in [1.165, 1.54) is 6.42 Å². The molecule has 5 heterocycles. The Labute approximate surface area is 217 Å². The monoisotopic (exact) mass is 508 g/mol. The summed E-state index contributed by atoms with van der Waals surface area (Å²) in [6.45, 7) is 8.96. The van der Waals surface area contributed by atoms with Crippen molar-refractivity contribution in [2.45, 2.75) is 74.8 Å². The first-order valence-electron chi connectivity index (χ1n) is 13.2. The lowest BCUT2D eigenvalue weighted by Gasteiger charge is -2.33. The number of thioether (sulfide) groups is 1. The minimum atomic E-state index is -0.0206. The van der Waals surface area contributed by atoms with Gasteiger partial charge in [-0.3, -0.25) is 9.58 Å². The Morgan fingerprint density at radius 3 is 2.92 bits per heavy atom. The van der Waals surface area contributed by atoms with Gasteiger partial charge in [-0.15, -0.1) is 11.8 Å². The number of fused-ring (bicyclic) bond motifs is 1. The number of nitriles is 1. The summed E-state index contributed by atoms with van der Waals surface area (Å²) in [5.74, 6) is 0. The number of likely N-dealkylation sites (tertiary alicyclic amines) is 1. The van der Waals surface area contributed by atoms with E-state index in [4.69, 9.17) is 14.6 Å². The topological polar surface area (TPSA) is 80.6 Å². The minimum absolute atomic E-state index is 0.0206. The molecule has 192 valence electrons. The maximum absolute atomic E-state index is 9.57. The maximum Gasteiger partial charge on any atom is 0.157 e. The molecule has 0 N–H and O–H groups in total. The second-order valence-electron chi connectivity index (χ2n) is 9.87.